The molecule has 0 heterocycles. The quantitative estimate of drug-likeness (QED) is 0.293. The van der Waals surface area contributed by atoms with Crippen LogP contribution in [-0.2, 0) is 9.13 Å². The van der Waals surface area contributed by atoms with Crippen molar-refractivity contribution < 1.29 is 33.8 Å². The molecule has 11 nitrogen and oxygen atoms in total. The van der Waals surface area contributed by atoms with Crippen molar-refractivity contribution in [3.8, 4) is 0 Å². The lowest BCUT2D eigenvalue weighted by Crippen LogP contribution is -2.23. The van der Waals surface area contributed by atoms with Crippen molar-refractivity contribution >= 4 is 15.2 Å². The Bertz CT molecular complexity index is 219. The highest BCUT2D eigenvalue weighted by Crippen LogP contribution is 2.66. The van der Waals surface area contributed by atoms with Crippen LogP contribution in [-0.4, -0.2) is 29.8 Å². The summed E-state index contributed by atoms with van der Waals surface area (Å²) in [6, 6.07) is 0. The molecule has 0 aliphatic heterocycles. The van der Waals surface area contributed by atoms with Crippen molar-refractivity contribution in [2.24, 2.45) is 0 Å². The minimum atomic E-state index is -5.20. The second-order valence-electron chi connectivity index (χ2n) is 2.06. The van der Waals surface area contributed by atoms with E-state index in [0.29, 0.717) is 6.92 Å². The minimum Gasteiger partial charge on any atom is -0.368 e. The summed E-state index contributed by atoms with van der Waals surface area (Å²) in [5.74, 6) is 0. The van der Waals surface area contributed by atoms with E-state index in [1.54, 1.807) is 0 Å². The summed E-state index contributed by atoms with van der Waals surface area (Å²) in [7, 11) is -10.4. The zero-order chi connectivity index (χ0) is 9.50. The van der Waals surface area contributed by atoms with Crippen molar-refractivity contribution in [2.75, 3.05) is 0 Å². The van der Waals surface area contributed by atoms with E-state index in [-0.39, 0.29) is 24.6 Å². The Hall–Kier alpha value is 0.100. The highest BCUT2D eigenvalue weighted by molar-refractivity contribution is 7.71. The van der Waals surface area contributed by atoms with Gasteiger partial charge in [-0.1, -0.05) is 0 Å². The molecule has 0 fully saturated rings. The van der Waals surface area contributed by atoms with Gasteiger partial charge in [-0.15, -0.1) is 0 Å². The molecule has 0 radical (unpaired) electrons. The van der Waals surface area contributed by atoms with E-state index in [1.807, 2.05) is 0 Å². The van der Waals surface area contributed by atoms with Crippen LogP contribution >= 0.6 is 15.2 Å². The van der Waals surface area contributed by atoms with Crippen molar-refractivity contribution in [2.45, 2.75) is 12.0 Å². The van der Waals surface area contributed by atoms with Crippen LogP contribution in [0, 0.1) is 0 Å². The first-order valence-electron chi connectivity index (χ1n) is 2.34. The van der Waals surface area contributed by atoms with Gasteiger partial charge in [0, 0.05) is 0 Å². The largest absolute Gasteiger partial charge is 0.369 e. The normalized spacial score (nSPS) is 11.1. The molecule has 0 saturated carbocycles. The third-order valence-corrected chi connectivity index (χ3v) is 4.87. The van der Waals surface area contributed by atoms with Crippen molar-refractivity contribution in [1.29, 1.82) is 0 Å². The molecular formula is C2H20N4O7P2. The zero-order valence-corrected chi connectivity index (χ0v) is 10.1. The summed E-state index contributed by atoms with van der Waals surface area (Å²) in [5, 5.41) is 5.37. The molecule has 0 aromatic carbocycles. The van der Waals surface area contributed by atoms with Gasteiger partial charge < -0.3 is 49.3 Å². The molecule has 0 atom stereocenters. The summed E-state index contributed by atoms with van der Waals surface area (Å²) in [6.07, 6.45) is 0. The van der Waals surface area contributed by atoms with Crippen LogP contribution in [0.5, 0.6) is 0 Å². The van der Waals surface area contributed by atoms with Crippen LogP contribution in [0.4, 0.5) is 0 Å². The van der Waals surface area contributed by atoms with Gasteiger partial charge >= 0.3 is 15.2 Å². The molecule has 0 aliphatic rings. The van der Waals surface area contributed by atoms with Crippen LogP contribution in [0.2, 0.25) is 0 Å². The molecule has 0 unspecified atom stereocenters. The molecule has 17 N–H and O–H groups in total. The van der Waals surface area contributed by atoms with Gasteiger partial charge in [0.2, 0.25) is 0 Å². The second kappa shape index (κ2) is 7.39. The van der Waals surface area contributed by atoms with E-state index < -0.39 is 20.3 Å². The first-order valence-corrected chi connectivity index (χ1v) is 5.56. The lowest BCUT2D eigenvalue weighted by atomic mass is 10.9. The summed E-state index contributed by atoms with van der Waals surface area (Å²) >= 11 is 0. The van der Waals surface area contributed by atoms with E-state index >= 15 is 0 Å². The first kappa shape index (κ1) is 29.4. The average molecular weight is 274 g/mol. The molecular weight excluding hydrogens is 254 g/mol. The van der Waals surface area contributed by atoms with Crippen molar-refractivity contribution in [3.05, 3.63) is 0 Å². The molecule has 0 aliphatic carbocycles. The Morgan fingerprint density at radius 2 is 0.933 bits per heavy atom. The molecule has 13 heteroatoms. The van der Waals surface area contributed by atoms with Gasteiger partial charge in [0.25, 0.3) is 5.08 Å². The molecule has 0 rings (SSSR count). The van der Waals surface area contributed by atoms with Gasteiger partial charge in [-0.05, 0) is 6.92 Å². The van der Waals surface area contributed by atoms with Crippen LogP contribution in [0.3, 0.4) is 0 Å². The van der Waals surface area contributed by atoms with Gasteiger partial charge in [0.15, 0.2) is 0 Å². The van der Waals surface area contributed by atoms with Crippen LogP contribution in [0.15, 0.2) is 0 Å². The van der Waals surface area contributed by atoms with Crippen molar-refractivity contribution in [1.82, 2.24) is 24.6 Å². The van der Waals surface area contributed by atoms with Gasteiger partial charge in [-0.2, -0.15) is 0 Å². The van der Waals surface area contributed by atoms with Crippen molar-refractivity contribution in [3.63, 3.8) is 0 Å². The second-order valence-corrected chi connectivity index (χ2v) is 6.33. The Morgan fingerprint density at radius 3 is 0.933 bits per heavy atom. The first-order chi connectivity index (χ1) is 4.50. The zero-order valence-electron chi connectivity index (χ0n) is 8.28. The van der Waals surface area contributed by atoms with Gasteiger partial charge in [-0.3, -0.25) is 9.13 Å². The molecule has 0 aromatic rings. The maximum atomic E-state index is 10.3. The predicted molar refractivity (Wildman–Crippen MR) is 54.8 cm³/mol. The molecule has 15 heavy (non-hydrogen) atoms. The Kier molecular flexibility index (Phi) is 14.5. The Morgan fingerprint density at radius 1 is 0.800 bits per heavy atom. The standard InChI is InChI=1S/C2H8O7P2.4H3N/c1-2(3,10(4,5)6)11(7,8)9;;;;/h3H,1H3,(H2,4,5,6)(H2,7,8,9);4*1H3. The number of rotatable bonds is 2. The highest BCUT2D eigenvalue weighted by Gasteiger charge is 2.55. The summed E-state index contributed by atoms with van der Waals surface area (Å²) in [4.78, 5) is 33.0. The maximum absolute atomic E-state index is 10.3. The molecule has 100 valence electrons. The summed E-state index contributed by atoms with van der Waals surface area (Å²) in [6.45, 7) is 0.383. The van der Waals surface area contributed by atoms with Gasteiger partial charge in [-0.25, -0.2) is 0 Å². The lowest BCUT2D eigenvalue weighted by molar-refractivity contribution is 0.146. The van der Waals surface area contributed by atoms with E-state index in [2.05, 4.69) is 0 Å². The van der Waals surface area contributed by atoms with Gasteiger partial charge in [0.05, 0.1) is 0 Å². The third-order valence-electron chi connectivity index (χ3n) is 1.10. The summed E-state index contributed by atoms with van der Waals surface area (Å²) < 4.78 is 20.5. The van der Waals surface area contributed by atoms with E-state index in [9.17, 15) is 9.13 Å². The topological polar surface area (TPSA) is 275 Å². The van der Waals surface area contributed by atoms with E-state index in [1.165, 1.54) is 0 Å². The van der Waals surface area contributed by atoms with Crippen LogP contribution in [0.25, 0.3) is 0 Å². The fourth-order valence-corrected chi connectivity index (χ4v) is 1.53. The SMILES string of the molecule is CC(O)(P(=O)(O)O)P(=O)(O)O.N.N.N.N. The maximum Gasteiger partial charge on any atom is 0.369 e. The Balaban J connectivity index is -0.0000000833. The molecule has 0 aromatic heterocycles. The fourth-order valence-electron chi connectivity index (χ4n) is 0.170. The monoisotopic (exact) mass is 274 g/mol. The number of hydrogen-bond donors (Lipinski definition) is 9. The molecule has 0 saturated heterocycles. The fraction of sp³-hybridized carbons (Fsp3) is 1.00. The van der Waals surface area contributed by atoms with Crippen LogP contribution < -0.4 is 24.6 Å². The molecule has 0 amide bonds. The van der Waals surface area contributed by atoms with E-state index in [0.717, 1.165) is 0 Å². The molecule has 0 bridgehead atoms. The predicted octanol–water partition coefficient (Wildman–Crippen LogP) is -0.344. The highest BCUT2D eigenvalue weighted by atomic mass is 31.2. The van der Waals surface area contributed by atoms with E-state index in [4.69, 9.17) is 24.7 Å². The average Bonchev–Trinajstić information content (AvgIpc) is 1.58. The number of hydrogen-bond acceptors (Lipinski definition) is 7. The smallest absolute Gasteiger partial charge is 0.368 e. The Labute approximate surface area is 86.5 Å². The van der Waals surface area contributed by atoms with Gasteiger partial charge in [0.1, 0.15) is 0 Å². The minimum absolute atomic E-state index is 0. The third kappa shape index (κ3) is 6.30. The summed E-state index contributed by atoms with van der Waals surface area (Å²) in [5.41, 5.74) is 0. The van der Waals surface area contributed by atoms with Crippen LogP contribution in [0.1, 0.15) is 6.92 Å². The molecule has 0 spiro atoms. The number of aliphatic hydroxyl groups is 1. The lowest BCUT2D eigenvalue weighted by Gasteiger charge is -2.24.